The monoisotopic (exact) mass is 415 g/mol. The first-order valence-corrected chi connectivity index (χ1v) is 9.89. The molecule has 0 bridgehead atoms. The summed E-state index contributed by atoms with van der Waals surface area (Å²) in [5.41, 5.74) is 3.24. The van der Waals surface area contributed by atoms with E-state index >= 15 is 0 Å². The standard InChI is InChI=1S/C23H23Cl2NO2/c1-27-21-9-6-17(7-10-21)12-13-26-15-19-14-20(24)8-11-23(19)28-16-18-4-2-3-5-22(18)25/h2-11,14,26H,12-13,15-16H2,1H3. The lowest BCUT2D eigenvalue weighted by molar-refractivity contribution is 0.302. The number of rotatable bonds is 9. The summed E-state index contributed by atoms with van der Waals surface area (Å²) in [6.45, 7) is 1.94. The molecule has 0 radical (unpaired) electrons. The maximum absolute atomic E-state index is 6.21. The van der Waals surface area contributed by atoms with Crippen molar-refractivity contribution in [2.24, 2.45) is 0 Å². The highest BCUT2D eigenvalue weighted by Crippen LogP contribution is 2.25. The van der Waals surface area contributed by atoms with E-state index in [4.69, 9.17) is 32.7 Å². The summed E-state index contributed by atoms with van der Waals surface area (Å²) in [6, 6.07) is 21.5. The number of hydrogen-bond donors (Lipinski definition) is 1. The molecule has 3 rings (SSSR count). The van der Waals surface area contributed by atoms with Crippen molar-refractivity contribution >= 4 is 23.2 Å². The van der Waals surface area contributed by atoms with E-state index in [2.05, 4.69) is 17.4 Å². The Kier molecular flexibility index (Phi) is 7.61. The molecule has 5 heteroatoms. The topological polar surface area (TPSA) is 30.5 Å². The van der Waals surface area contributed by atoms with E-state index < -0.39 is 0 Å². The molecular formula is C23H23Cl2NO2. The van der Waals surface area contributed by atoms with Crippen LogP contribution in [0.5, 0.6) is 11.5 Å². The predicted molar refractivity (Wildman–Crippen MR) is 116 cm³/mol. The number of benzene rings is 3. The first kappa shape index (κ1) is 20.5. The molecule has 0 heterocycles. The van der Waals surface area contributed by atoms with Crippen molar-refractivity contribution in [1.29, 1.82) is 0 Å². The van der Waals surface area contributed by atoms with Gasteiger partial charge in [-0.3, -0.25) is 0 Å². The fourth-order valence-electron chi connectivity index (χ4n) is 2.85. The van der Waals surface area contributed by atoms with Gasteiger partial charge in [0.15, 0.2) is 0 Å². The average Bonchev–Trinajstić information content (AvgIpc) is 2.72. The molecule has 3 nitrogen and oxygen atoms in total. The van der Waals surface area contributed by atoms with Crippen LogP contribution in [0.25, 0.3) is 0 Å². The van der Waals surface area contributed by atoms with Crippen molar-refractivity contribution in [2.45, 2.75) is 19.6 Å². The van der Waals surface area contributed by atoms with Crippen LogP contribution in [0.15, 0.2) is 66.7 Å². The third-order valence-corrected chi connectivity index (χ3v) is 5.03. The molecule has 0 unspecified atom stereocenters. The van der Waals surface area contributed by atoms with E-state index in [-0.39, 0.29) is 0 Å². The number of halogens is 2. The molecule has 0 aliphatic heterocycles. The molecule has 28 heavy (non-hydrogen) atoms. The Labute approximate surface area is 176 Å². The van der Waals surface area contributed by atoms with Crippen molar-refractivity contribution in [3.8, 4) is 11.5 Å². The van der Waals surface area contributed by atoms with Crippen molar-refractivity contribution in [3.63, 3.8) is 0 Å². The van der Waals surface area contributed by atoms with Crippen LogP contribution < -0.4 is 14.8 Å². The minimum atomic E-state index is 0.417. The van der Waals surface area contributed by atoms with Gasteiger partial charge in [0.05, 0.1) is 7.11 Å². The van der Waals surface area contributed by atoms with Crippen LogP contribution in [-0.2, 0) is 19.6 Å². The molecular weight excluding hydrogens is 393 g/mol. The second-order valence-corrected chi connectivity index (χ2v) is 7.25. The second kappa shape index (κ2) is 10.4. The third kappa shape index (κ3) is 5.90. The summed E-state index contributed by atoms with van der Waals surface area (Å²) in [4.78, 5) is 0. The van der Waals surface area contributed by atoms with Gasteiger partial charge in [-0.15, -0.1) is 0 Å². The molecule has 0 amide bonds. The molecule has 1 N–H and O–H groups in total. The SMILES string of the molecule is COc1ccc(CCNCc2cc(Cl)ccc2OCc2ccccc2Cl)cc1. The van der Waals surface area contributed by atoms with E-state index in [9.17, 15) is 0 Å². The van der Waals surface area contributed by atoms with Gasteiger partial charge in [0.25, 0.3) is 0 Å². The van der Waals surface area contributed by atoms with Crippen molar-refractivity contribution in [1.82, 2.24) is 5.32 Å². The Morgan fingerprint density at radius 1 is 0.893 bits per heavy atom. The van der Waals surface area contributed by atoms with Crippen LogP contribution in [0.3, 0.4) is 0 Å². The van der Waals surface area contributed by atoms with Gasteiger partial charge >= 0.3 is 0 Å². The van der Waals surface area contributed by atoms with E-state index in [0.717, 1.165) is 35.6 Å². The Bertz CT molecular complexity index is 897. The quantitative estimate of drug-likeness (QED) is 0.440. The summed E-state index contributed by atoms with van der Waals surface area (Å²) in [6.07, 6.45) is 0.931. The lowest BCUT2D eigenvalue weighted by Gasteiger charge is -2.14. The number of nitrogens with one attached hydrogen (secondary N) is 1. The maximum Gasteiger partial charge on any atom is 0.124 e. The third-order valence-electron chi connectivity index (χ3n) is 4.43. The van der Waals surface area contributed by atoms with Gasteiger partial charge < -0.3 is 14.8 Å². The van der Waals surface area contributed by atoms with Crippen LogP contribution in [0.1, 0.15) is 16.7 Å². The normalized spacial score (nSPS) is 10.7. The summed E-state index contributed by atoms with van der Waals surface area (Å²) in [5.74, 6) is 1.68. The van der Waals surface area contributed by atoms with Crippen LogP contribution >= 0.6 is 23.2 Å². The number of methoxy groups -OCH3 is 1. The molecule has 0 aliphatic rings. The predicted octanol–water partition coefficient (Wildman–Crippen LogP) is 5.91. The molecule has 0 aromatic heterocycles. The molecule has 3 aromatic carbocycles. The molecule has 0 saturated carbocycles. The zero-order valence-corrected chi connectivity index (χ0v) is 17.3. The van der Waals surface area contributed by atoms with Crippen molar-refractivity contribution in [3.05, 3.63) is 93.5 Å². The Morgan fingerprint density at radius 3 is 2.43 bits per heavy atom. The van der Waals surface area contributed by atoms with Gasteiger partial charge in [-0.05, 0) is 54.9 Å². The van der Waals surface area contributed by atoms with Gasteiger partial charge in [0, 0.05) is 27.7 Å². The molecule has 0 spiro atoms. The zero-order valence-electron chi connectivity index (χ0n) is 15.8. The van der Waals surface area contributed by atoms with Crippen molar-refractivity contribution in [2.75, 3.05) is 13.7 Å². The summed E-state index contributed by atoms with van der Waals surface area (Å²) in [7, 11) is 1.67. The maximum atomic E-state index is 6.21. The molecule has 3 aromatic rings. The van der Waals surface area contributed by atoms with E-state index in [1.807, 2.05) is 54.6 Å². The highest BCUT2D eigenvalue weighted by atomic mass is 35.5. The van der Waals surface area contributed by atoms with Gasteiger partial charge in [0.2, 0.25) is 0 Å². The van der Waals surface area contributed by atoms with Crippen LogP contribution in [0, 0.1) is 0 Å². The van der Waals surface area contributed by atoms with E-state index in [1.165, 1.54) is 5.56 Å². The molecule has 146 valence electrons. The summed E-state index contributed by atoms with van der Waals surface area (Å²) >= 11 is 12.4. The summed E-state index contributed by atoms with van der Waals surface area (Å²) < 4.78 is 11.2. The average molecular weight is 416 g/mol. The van der Waals surface area contributed by atoms with Crippen LogP contribution in [0.4, 0.5) is 0 Å². The van der Waals surface area contributed by atoms with E-state index in [0.29, 0.717) is 23.2 Å². The van der Waals surface area contributed by atoms with Crippen molar-refractivity contribution < 1.29 is 9.47 Å². The fourth-order valence-corrected chi connectivity index (χ4v) is 3.23. The van der Waals surface area contributed by atoms with Crippen LogP contribution in [-0.4, -0.2) is 13.7 Å². The smallest absolute Gasteiger partial charge is 0.124 e. The van der Waals surface area contributed by atoms with Crippen LogP contribution in [0.2, 0.25) is 10.0 Å². The number of ether oxygens (including phenoxy) is 2. The number of hydrogen-bond acceptors (Lipinski definition) is 3. The lowest BCUT2D eigenvalue weighted by Crippen LogP contribution is -2.17. The Hall–Kier alpha value is -2.20. The summed E-state index contributed by atoms with van der Waals surface area (Å²) in [5, 5.41) is 4.86. The molecule has 0 saturated heterocycles. The largest absolute Gasteiger partial charge is 0.497 e. The molecule has 0 fully saturated rings. The Balaban J connectivity index is 1.55. The molecule has 0 atom stereocenters. The van der Waals surface area contributed by atoms with Gasteiger partial charge in [-0.1, -0.05) is 53.5 Å². The van der Waals surface area contributed by atoms with Gasteiger partial charge in [-0.25, -0.2) is 0 Å². The van der Waals surface area contributed by atoms with E-state index in [1.54, 1.807) is 7.11 Å². The van der Waals surface area contributed by atoms with Gasteiger partial charge in [0.1, 0.15) is 18.1 Å². The van der Waals surface area contributed by atoms with Gasteiger partial charge in [-0.2, -0.15) is 0 Å². The first-order chi connectivity index (χ1) is 13.7. The molecule has 0 aliphatic carbocycles. The zero-order chi connectivity index (χ0) is 19.8. The minimum Gasteiger partial charge on any atom is -0.497 e. The highest BCUT2D eigenvalue weighted by Gasteiger charge is 2.07. The highest BCUT2D eigenvalue weighted by molar-refractivity contribution is 6.31. The lowest BCUT2D eigenvalue weighted by atomic mass is 10.1. The first-order valence-electron chi connectivity index (χ1n) is 9.14. The second-order valence-electron chi connectivity index (χ2n) is 6.41. The minimum absolute atomic E-state index is 0.417. The fraction of sp³-hybridized carbons (Fsp3) is 0.217. The Morgan fingerprint density at radius 2 is 1.68 bits per heavy atom.